The Kier molecular flexibility index (Phi) is 4.26. The minimum Gasteiger partial charge on any atom is -0.399 e. The van der Waals surface area contributed by atoms with Gasteiger partial charge in [0.2, 0.25) is 0 Å². The van der Waals surface area contributed by atoms with E-state index in [4.69, 9.17) is 15.7 Å². The van der Waals surface area contributed by atoms with Gasteiger partial charge in [-0.05, 0) is 35.0 Å². The van der Waals surface area contributed by atoms with Crippen molar-refractivity contribution in [2.45, 2.75) is 0 Å². The highest BCUT2D eigenvalue weighted by atomic mass is 14.9. The van der Waals surface area contributed by atoms with E-state index < -0.39 is 0 Å². The number of nitrogen functional groups attached to an aromatic ring is 1. The number of fused-ring (bicyclic) bond motifs is 1. The molecule has 0 saturated heterocycles. The number of anilines is 1. The van der Waals surface area contributed by atoms with E-state index in [1.807, 2.05) is 66.7 Å². The van der Waals surface area contributed by atoms with Crippen molar-refractivity contribution < 1.29 is 0 Å². The normalized spacial score (nSPS) is 10.9. The summed E-state index contributed by atoms with van der Waals surface area (Å²) in [5.41, 5.74) is 11.6. The van der Waals surface area contributed by atoms with E-state index in [2.05, 4.69) is 36.4 Å². The highest BCUT2D eigenvalue weighted by Crippen LogP contribution is 2.29. The van der Waals surface area contributed by atoms with Crippen LogP contribution in [0, 0.1) is 0 Å². The van der Waals surface area contributed by atoms with E-state index in [1.54, 1.807) is 0 Å². The monoisotopic (exact) mass is 373 g/mol. The summed E-state index contributed by atoms with van der Waals surface area (Å²) in [5.74, 6) is 0.717. The highest BCUT2D eigenvalue weighted by molar-refractivity contribution is 5.89. The molecule has 4 aromatic carbocycles. The van der Waals surface area contributed by atoms with Gasteiger partial charge in [-0.1, -0.05) is 78.9 Å². The number of aromatic nitrogens is 2. The van der Waals surface area contributed by atoms with Crippen LogP contribution >= 0.6 is 0 Å². The molecule has 0 aliphatic rings. The Bertz CT molecular complexity index is 1240. The Morgan fingerprint density at radius 2 is 1.10 bits per heavy atom. The number of rotatable bonds is 3. The molecule has 29 heavy (non-hydrogen) atoms. The molecule has 0 aliphatic heterocycles. The number of benzene rings is 4. The van der Waals surface area contributed by atoms with Crippen molar-refractivity contribution in [3.05, 3.63) is 103 Å². The van der Waals surface area contributed by atoms with Crippen LogP contribution in [-0.4, -0.2) is 9.97 Å². The molecule has 138 valence electrons. The number of nitrogens with zero attached hydrogens (tertiary/aromatic N) is 2. The minimum atomic E-state index is 0.717. The molecule has 5 aromatic rings. The molecule has 3 heteroatoms. The maximum atomic E-state index is 5.99. The maximum absolute atomic E-state index is 5.99. The molecule has 5 rings (SSSR count). The summed E-state index contributed by atoms with van der Waals surface area (Å²) >= 11 is 0. The molecule has 0 bridgehead atoms. The van der Waals surface area contributed by atoms with Gasteiger partial charge in [-0.2, -0.15) is 0 Å². The van der Waals surface area contributed by atoms with Crippen LogP contribution in [0.4, 0.5) is 5.69 Å². The van der Waals surface area contributed by atoms with Gasteiger partial charge in [0.15, 0.2) is 5.82 Å². The molecule has 3 nitrogen and oxygen atoms in total. The molecule has 0 aliphatic carbocycles. The van der Waals surface area contributed by atoms with E-state index in [1.165, 1.54) is 0 Å². The average Bonchev–Trinajstić information content (AvgIpc) is 2.79. The van der Waals surface area contributed by atoms with Crippen molar-refractivity contribution in [2.24, 2.45) is 0 Å². The van der Waals surface area contributed by atoms with Crippen molar-refractivity contribution >= 4 is 16.5 Å². The van der Waals surface area contributed by atoms with E-state index >= 15 is 0 Å². The number of hydrogen-bond acceptors (Lipinski definition) is 3. The second-order valence-corrected chi connectivity index (χ2v) is 7.02. The smallest absolute Gasteiger partial charge is 0.160 e. The Labute approximate surface area is 169 Å². The molecule has 0 spiro atoms. The molecule has 0 unspecified atom stereocenters. The summed E-state index contributed by atoms with van der Waals surface area (Å²) < 4.78 is 0. The first-order chi connectivity index (χ1) is 14.3. The standard InChI is InChI=1S/C26H19N3/c27-23-14-13-18-11-12-21(15-22(18)16-23)25-17-24(19-7-3-1-4-8-19)28-26(29-25)20-9-5-2-6-10-20/h1-17H,27H2. The molecule has 0 amide bonds. The Morgan fingerprint density at radius 3 is 1.83 bits per heavy atom. The van der Waals surface area contributed by atoms with Crippen molar-refractivity contribution in [1.29, 1.82) is 0 Å². The second kappa shape index (κ2) is 7.21. The lowest BCUT2D eigenvalue weighted by Crippen LogP contribution is -1.95. The zero-order chi connectivity index (χ0) is 19.6. The van der Waals surface area contributed by atoms with Gasteiger partial charge in [-0.25, -0.2) is 9.97 Å². The summed E-state index contributed by atoms with van der Waals surface area (Å²) in [6.45, 7) is 0. The van der Waals surface area contributed by atoms with Crippen LogP contribution in [0.3, 0.4) is 0 Å². The summed E-state index contributed by atoms with van der Waals surface area (Å²) in [5, 5.41) is 2.26. The summed E-state index contributed by atoms with van der Waals surface area (Å²) in [6.07, 6.45) is 0. The molecule has 0 fully saturated rings. The highest BCUT2D eigenvalue weighted by Gasteiger charge is 2.11. The van der Waals surface area contributed by atoms with Crippen LogP contribution in [0.2, 0.25) is 0 Å². The van der Waals surface area contributed by atoms with Gasteiger partial charge >= 0.3 is 0 Å². The van der Waals surface area contributed by atoms with Crippen LogP contribution in [0.5, 0.6) is 0 Å². The van der Waals surface area contributed by atoms with Gasteiger partial charge in [0.05, 0.1) is 11.4 Å². The minimum absolute atomic E-state index is 0.717. The van der Waals surface area contributed by atoms with E-state index in [0.29, 0.717) is 0 Å². The fourth-order valence-electron chi connectivity index (χ4n) is 3.49. The zero-order valence-corrected chi connectivity index (χ0v) is 15.8. The fraction of sp³-hybridized carbons (Fsp3) is 0. The first-order valence-corrected chi connectivity index (χ1v) is 9.56. The summed E-state index contributed by atoms with van der Waals surface area (Å²) in [7, 11) is 0. The zero-order valence-electron chi connectivity index (χ0n) is 15.8. The van der Waals surface area contributed by atoms with E-state index in [0.717, 1.165) is 50.4 Å². The third kappa shape index (κ3) is 3.46. The molecule has 1 aromatic heterocycles. The lowest BCUT2D eigenvalue weighted by Gasteiger charge is -2.10. The van der Waals surface area contributed by atoms with Crippen molar-refractivity contribution in [3.63, 3.8) is 0 Å². The van der Waals surface area contributed by atoms with Crippen molar-refractivity contribution in [2.75, 3.05) is 5.73 Å². The van der Waals surface area contributed by atoms with Crippen molar-refractivity contribution in [3.8, 4) is 33.9 Å². The van der Waals surface area contributed by atoms with Gasteiger partial charge < -0.3 is 5.73 Å². The maximum Gasteiger partial charge on any atom is 0.160 e. The Morgan fingerprint density at radius 1 is 0.483 bits per heavy atom. The van der Waals surface area contributed by atoms with E-state index in [9.17, 15) is 0 Å². The van der Waals surface area contributed by atoms with Crippen LogP contribution in [0.15, 0.2) is 103 Å². The van der Waals surface area contributed by atoms with Gasteiger partial charge in [0, 0.05) is 22.4 Å². The van der Waals surface area contributed by atoms with Gasteiger partial charge in [-0.3, -0.25) is 0 Å². The molecule has 0 radical (unpaired) electrons. The Hall–Kier alpha value is -3.98. The Balaban J connectivity index is 1.71. The predicted molar refractivity (Wildman–Crippen MR) is 120 cm³/mol. The first-order valence-electron chi connectivity index (χ1n) is 9.56. The third-order valence-corrected chi connectivity index (χ3v) is 4.99. The number of nitrogens with two attached hydrogens (primary N) is 1. The lowest BCUT2D eigenvalue weighted by molar-refractivity contribution is 1.18. The average molecular weight is 373 g/mol. The SMILES string of the molecule is Nc1ccc2ccc(-c3cc(-c4ccccc4)nc(-c4ccccc4)n3)cc2c1. The van der Waals surface area contributed by atoms with Crippen molar-refractivity contribution in [1.82, 2.24) is 9.97 Å². The summed E-state index contributed by atoms with van der Waals surface area (Å²) in [6, 6.07) is 34.6. The molecule has 1 heterocycles. The van der Waals surface area contributed by atoms with Gasteiger partial charge in [-0.15, -0.1) is 0 Å². The molecular weight excluding hydrogens is 354 g/mol. The van der Waals surface area contributed by atoms with Crippen LogP contribution < -0.4 is 5.73 Å². The molecular formula is C26H19N3. The second-order valence-electron chi connectivity index (χ2n) is 7.02. The molecule has 0 saturated carbocycles. The largest absolute Gasteiger partial charge is 0.399 e. The quantitative estimate of drug-likeness (QED) is 0.382. The summed E-state index contributed by atoms with van der Waals surface area (Å²) in [4.78, 5) is 9.73. The third-order valence-electron chi connectivity index (χ3n) is 4.99. The van der Waals surface area contributed by atoms with Crippen LogP contribution in [0.1, 0.15) is 0 Å². The van der Waals surface area contributed by atoms with Crippen LogP contribution in [0.25, 0.3) is 44.7 Å². The van der Waals surface area contributed by atoms with Gasteiger partial charge in [0.1, 0.15) is 0 Å². The molecule has 2 N–H and O–H groups in total. The van der Waals surface area contributed by atoms with E-state index in [-0.39, 0.29) is 0 Å². The van der Waals surface area contributed by atoms with Crippen LogP contribution in [-0.2, 0) is 0 Å². The lowest BCUT2D eigenvalue weighted by atomic mass is 10.0. The number of hydrogen-bond donors (Lipinski definition) is 1. The fourth-order valence-corrected chi connectivity index (χ4v) is 3.49. The molecule has 0 atom stereocenters. The van der Waals surface area contributed by atoms with Gasteiger partial charge in [0.25, 0.3) is 0 Å². The topological polar surface area (TPSA) is 51.8 Å². The first kappa shape index (κ1) is 17.1. The predicted octanol–water partition coefficient (Wildman–Crippen LogP) is 6.21.